The third-order valence-corrected chi connectivity index (χ3v) is 6.07. The average Bonchev–Trinajstić information content (AvgIpc) is 2.59. The molecule has 3 heteroatoms. The normalized spacial score (nSPS) is 12.0. The van der Waals surface area contributed by atoms with Gasteiger partial charge in [-0.2, -0.15) is 0 Å². The van der Waals surface area contributed by atoms with Crippen LogP contribution >= 0.6 is 11.8 Å². The summed E-state index contributed by atoms with van der Waals surface area (Å²) in [6, 6.07) is 12.8. The number of benzene rings is 2. The van der Waals surface area contributed by atoms with E-state index in [1.807, 2.05) is 6.07 Å². The van der Waals surface area contributed by atoms with Crippen LogP contribution in [0.3, 0.4) is 0 Å². The molecule has 0 fully saturated rings. The van der Waals surface area contributed by atoms with Gasteiger partial charge >= 0.3 is 0 Å². The Bertz CT molecular complexity index is 698. The molecular weight excluding hydrogens is 326 g/mol. The first-order chi connectivity index (χ1) is 11.9. The highest BCUT2D eigenvalue weighted by atomic mass is 32.2. The maximum atomic E-state index is 12.3. The van der Waals surface area contributed by atoms with Crippen LogP contribution in [0, 0.1) is 27.7 Å². The summed E-state index contributed by atoms with van der Waals surface area (Å²) < 4.78 is 0. The summed E-state index contributed by atoms with van der Waals surface area (Å²) in [4.78, 5) is 13.6. The summed E-state index contributed by atoms with van der Waals surface area (Å²) in [5.74, 6) is 0.587. The van der Waals surface area contributed by atoms with E-state index in [9.17, 15) is 4.79 Å². The van der Waals surface area contributed by atoms with Crippen LogP contribution in [-0.2, 0) is 11.2 Å². The highest BCUT2D eigenvalue weighted by Crippen LogP contribution is 2.30. The standard InChI is InChI=1S/C22H29NOS/c1-15-13-16(2)19(5)22(18(15)4)25-14-21(24)23-17(3)11-12-20-9-7-6-8-10-20/h6-10,13,17H,11-12,14H2,1-5H3,(H,23,24)/t17-/m1/s1. The molecule has 0 aromatic heterocycles. The van der Waals surface area contributed by atoms with Gasteiger partial charge < -0.3 is 5.32 Å². The molecule has 1 N–H and O–H groups in total. The molecule has 2 aromatic carbocycles. The van der Waals surface area contributed by atoms with Crippen LogP contribution in [0.25, 0.3) is 0 Å². The van der Waals surface area contributed by atoms with Crippen LogP contribution in [0.4, 0.5) is 0 Å². The van der Waals surface area contributed by atoms with Gasteiger partial charge in [-0.1, -0.05) is 36.4 Å². The Hall–Kier alpha value is -1.74. The van der Waals surface area contributed by atoms with Crippen LogP contribution in [0.5, 0.6) is 0 Å². The lowest BCUT2D eigenvalue weighted by Crippen LogP contribution is -2.34. The van der Waals surface area contributed by atoms with E-state index in [4.69, 9.17) is 0 Å². The fourth-order valence-corrected chi connectivity index (χ4v) is 4.07. The van der Waals surface area contributed by atoms with Crippen molar-refractivity contribution in [2.45, 2.75) is 58.4 Å². The molecule has 0 radical (unpaired) electrons. The van der Waals surface area contributed by atoms with Gasteiger partial charge in [-0.25, -0.2) is 0 Å². The molecule has 1 atom stereocenters. The monoisotopic (exact) mass is 355 g/mol. The van der Waals surface area contributed by atoms with Crippen molar-refractivity contribution in [2.75, 3.05) is 5.75 Å². The van der Waals surface area contributed by atoms with Gasteiger partial charge in [-0.05, 0) is 75.3 Å². The molecule has 0 bridgehead atoms. The summed E-state index contributed by atoms with van der Waals surface area (Å²) in [6.45, 7) is 10.6. The van der Waals surface area contributed by atoms with E-state index in [1.165, 1.54) is 32.7 Å². The molecule has 0 saturated carbocycles. The first-order valence-corrected chi connectivity index (χ1v) is 9.90. The van der Waals surface area contributed by atoms with Gasteiger partial charge in [0.25, 0.3) is 0 Å². The molecule has 0 aliphatic rings. The quantitative estimate of drug-likeness (QED) is 0.696. The van der Waals surface area contributed by atoms with Gasteiger partial charge in [0.15, 0.2) is 0 Å². The maximum absolute atomic E-state index is 12.3. The SMILES string of the molecule is Cc1cc(C)c(C)c(SCC(=O)N[C@H](C)CCc2ccccc2)c1C. The van der Waals surface area contributed by atoms with Crippen LogP contribution in [-0.4, -0.2) is 17.7 Å². The van der Waals surface area contributed by atoms with Crippen molar-refractivity contribution >= 4 is 17.7 Å². The molecule has 2 aromatic rings. The Labute approximate surface area is 156 Å². The number of hydrogen-bond donors (Lipinski definition) is 1. The average molecular weight is 356 g/mol. The maximum Gasteiger partial charge on any atom is 0.230 e. The zero-order chi connectivity index (χ0) is 18.4. The Kier molecular flexibility index (Phi) is 7.12. The van der Waals surface area contributed by atoms with Gasteiger partial charge in [0.05, 0.1) is 5.75 Å². The fourth-order valence-electron chi connectivity index (χ4n) is 2.95. The van der Waals surface area contributed by atoms with Crippen LogP contribution in [0.2, 0.25) is 0 Å². The smallest absolute Gasteiger partial charge is 0.230 e. The Morgan fingerprint density at radius 3 is 2.24 bits per heavy atom. The number of nitrogens with one attached hydrogen (secondary N) is 1. The van der Waals surface area contributed by atoms with E-state index in [2.05, 4.69) is 70.3 Å². The molecule has 0 aliphatic carbocycles. The lowest BCUT2D eigenvalue weighted by atomic mass is 10.0. The number of aryl methyl sites for hydroxylation is 3. The number of carbonyl (C=O) groups excluding carboxylic acids is 1. The van der Waals surface area contributed by atoms with Crippen molar-refractivity contribution in [1.82, 2.24) is 5.32 Å². The lowest BCUT2D eigenvalue weighted by Gasteiger charge is -2.16. The minimum atomic E-state index is 0.114. The van der Waals surface area contributed by atoms with E-state index in [0.29, 0.717) is 5.75 Å². The predicted octanol–water partition coefficient (Wildman–Crippen LogP) is 5.15. The zero-order valence-electron chi connectivity index (χ0n) is 16.0. The highest BCUT2D eigenvalue weighted by Gasteiger charge is 2.12. The van der Waals surface area contributed by atoms with Crippen molar-refractivity contribution < 1.29 is 4.79 Å². The first-order valence-electron chi connectivity index (χ1n) is 8.92. The minimum absolute atomic E-state index is 0.114. The Balaban J connectivity index is 1.85. The van der Waals surface area contributed by atoms with Gasteiger partial charge in [0.2, 0.25) is 5.91 Å². The predicted molar refractivity (Wildman–Crippen MR) is 108 cm³/mol. The molecule has 0 heterocycles. The molecule has 0 saturated heterocycles. The topological polar surface area (TPSA) is 29.1 Å². The molecule has 0 unspecified atom stereocenters. The van der Waals surface area contributed by atoms with Crippen LogP contribution in [0.1, 0.15) is 41.2 Å². The Morgan fingerprint density at radius 1 is 1.04 bits per heavy atom. The highest BCUT2D eigenvalue weighted by molar-refractivity contribution is 8.00. The van der Waals surface area contributed by atoms with Gasteiger partial charge in [-0.3, -0.25) is 4.79 Å². The molecule has 134 valence electrons. The minimum Gasteiger partial charge on any atom is -0.353 e. The number of carbonyl (C=O) groups is 1. The molecule has 2 rings (SSSR count). The van der Waals surface area contributed by atoms with E-state index < -0.39 is 0 Å². The second kappa shape index (κ2) is 9.10. The molecule has 0 spiro atoms. The van der Waals surface area contributed by atoms with Gasteiger partial charge in [0.1, 0.15) is 0 Å². The fraction of sp³-hybridized carbons (Fsp3) is 0.409. The van der Waals surface area contributed by atoms with Crippen LogP contribution < -0.4 is 5.32 Å². The number of amides is 1. The summed E-state index contributed by atoms with van der Waals surface area (Å²) in [7, 11) is 0. The summed E-state index contributed by atoms with van der Waals surface area (Å²) in [5, 5.41) is 3.13. The number of rotatable bonds is 7. The van der Waals surface area contributed by atoms with Crippen molar-refractivity contribution in [3.05, 3.63) is 64.2 Å². The Morgan fingerprint density at radius 2 is 1.64 bits per heavy atom. The largest absolute Gasteiger partial charge is 0.353 e. The summed E-state index contributed by atoms with van der Waals surface area (Å²) in [5.41, 5.74) is 6.49. The van der Waals surface area contributed by atoms with Gasteiger partial charge in [0, 0.05) is 10.9 Å². The second-order valence-corrected chi connectivity index (χ2v) is 7.86. The van der Waals surface area contributed by atoms with E-state index in [-0.39, 0.29) is 11.9 Å². The molecule has 2 nitrogen and oxygen atoms in total. The van der Waals surface area contributed by atoms with Gasteiger partial charge in [-0.15, -0.1) is 11.8 Å². The summed E-state index contributed by atoms with van der Waals surface area (Å²) >= 11 is 1.65. The number of hydrogen-bond acceptors (Lipinski definition) is 2. The van der Waals surface area contributed by atoms with Crippen molar-refractivity contribution in [3.63, 3.8) is 0 Å². The van der Waals surface area contributed by atoms with E-state index in [0.717, 1.165) is 12.8 Å². The van der Waals surface area contributed by atoms with E-state index in [1.54, 1.807) is 11.8 Å². The molecule has 25 heavy (non-hydrogen) atoms. The van der Waals surface area contributed by atoms with Crippen molar-refractivity contribution in [3.8, 4) is 0 Å². The molecule has 0 aliphatic heterocycles. The van der Waals surface area contributed by atoms with Crippen LogP contribution in [0.15, 0.2) is 41.3 Å². The molecule has 1 amide bonds. The number of thioether (sulfide) groups is 1. The second-order valence-electron chi connectivity index (χ2n) is 6.87. The third kappa shape index (κ3) is 5.64. The van der Waals surface area contributed by atoms with Crippen molar-refractivity contribution in [2.24, 2.45) is 0 Å². The third-order valence-electron chi connectivity index (χ3n) is 4.76. The lowest BCUT2D eigenvalue weighted by molar-refractivity contribution is -0.119. The summed E-state index contributed by atoms with van der Waals surface area (Å²) in [6.07, 6.45) is 1.95. The van der Waals surface area contributed by atoms with Crippen molar-refractivity contribution in [1.29, 1.82) is 0 Å². The molecular formula is C22H29NOS. The van der Waals surface area contributed by atoms with E-state index >= 15 is 0 Å². The zero-order valence-corrected chi connectivity index (χ0v) is 16.8. The first kappa shape index (κ1) is 19.6.